The van der Waals surface area contributed by atoms with E-state index in [0.29, 0.717) is 6.61 Å². The van der Waals surface area contributed by atoms with Gasteiger partial charge in [0.2, 0.25) is 0 Å². The van der Waals surface area contributed by atoms with Gasteiger partial charge in [-0.2, -0.15) is 0 Å². The summed E-state index contributed by atoms with van der Waals surface area (Å²) in [5.74, 6) is 0.984. The molecular weight excluding hydrogens is 288 g/mol. The lowest BCUT2D eigenvalue weighted by atomic mass is 9.80. The van der Waals surface area contributed by atoms with Gasteiger partial charge in [0.15, 0.2) is 0 Å². The minimum atomic E-state index is 0.0777. The molecule has 1 nitrogen and oxygen atoms in total. The number of halogens is 1. The molecule has 0 spiro atoms. The van der Waals surface area contributed by atoms with E-state index in [1.807, 2.05) is 6.92 Å². The number of rotatable bonds is 2. The van der Waals surface area contributed by atoms with E-state index in [1.54, 1.807) is 0 Å². The highest BCUT2D eigenvalue weighted by Crippen LogP contribution is 2.40. The van der Waals surface area contributed by atoms with E-state index in [0.717, 1.165) is 10.2 Å². The predicted octanol–water partition coefficient (Wildman–Crippen LogP) is 5.44. The Hall–Kier alpha value is -0.500. The monoisotopic (exact) mass is 312 g/mol. The van der Waals surface area contributed by atoms with Crippen LogP contribution in [0, 0.1) is 0 Å². The van der Waals surface area contributed by atoms with Gasteiger partial charge in [0.25, 0.3) is 0 Å². The van der Waals surface area contributed by atoms with Gasteiger partial charge in [-0.25, -0.2) is 0 Å². The van der Waals surface area contributed by atoms with Crippen molar-refractivity contribution in [1.82, 2.24) is 0 Å². The van der Waals surface area contributed by atoms with Crippen molar-refractivity contribution in [2.24, 2.45) is 0 Å². The fourth-order valence-electron chi connectivity index (χ4n) is 1.87. The Morgan fingerprint density at radius 1 is 1.00 bits per heavy atom. The molecule has 0 aliphatic carbocycles. The molecule has 0 bridgehead atoms. The number of ether oxygens (including phenoxy) is 1. The highest BCUT2D eigenvalue weighted by Gasteiger charge is 2.25. The molecule has 0 amide bonds. The Balaban J connectivity index is 3.47. The van der Waals surface area contributed by atoms with Crippen molar-refractivity contribution >= 4 is 15.9 Å². The van der Waals surface area contributed by atoms with E-state index < -0.39 is 0 Å². The summed E-state index contributed by atoms with van der Waals surface area (Å²) in [6, 6.07) is 4.47. The predicted molar refractivity (Wildman–Crippen MR) is 82.7 cm³/mol. The smallest absolute Gasteiger partial charge is 0.137 e. The highest BCUT2D eigenvalue weighted by atomic mass is 79.9. The lowest BCUT2D eigenvalue weighted by molar-refractivity contribution is 0.327. The van der Waals surface area contributed by atoms with Crippen LogP contribution >= 0.6 is 15.9 Å². The topological polar surface area (TPSA) is 9.23 Å². The summed E-state index contributed by atoms with van der Waals surface area (Å²) in [6.07, 6.45) is 0. The molecule has 0 aliphatic heterocycles. The van der Waals surface area contributed by atoms with E-state index in [9.17, 15) is 0 Å². The highest BCUT2D eigenvalue weighted by molar-refractivity contribution is 9.10. The van der Waals surface area contributed by atoms with E-state index >= 15 is 0 Å². The average Bonchev–Trinajstić information content (AvgIpc) is 2.17. The van der Waals surface area contributed by atoms with Gasteiger partial charge < -0.3 is 4.74 Å². The largest absolute Gasteiger partial charge is 0.492 e. The van der Waals surface area contributed by atoms with E-state index in [1.165, 1.54) is 11.1 Å². The lowest BCUT2D eigenvalue weighted by Gasteiger charge is -2.28. The second kappa shape index (κ2) is 5.24. The molecule has 18 heavy (non-hydrogen) atoms. The van der Waals surface area contributed by atoms with Crippen LogP contribution in [0.1, 0.15) is 59.6 Å². The molecule has 1 aromatic carbocycles. The Kier molecular flexibility index (Phi) is 4.53. The van der Waals surface area contributed by atoms with Crippen LogP contribution in [-0.2, 0) is 10.8 Å². The van der Waals surface area contributed by atoms with Crippen LogP contribution in [0.5, 0.6) is 5.75 Å². The summed E-state index contributed by atoms with van der Waals surface area (Å²) in [5, 5.41) is 0. The van der Waals surface area contributed by atoms with E-state index in [4.69, 9.17) is 4.74 Å². The summed E-state index contributed by atoms with van der Waals surface area (Å²) < 4.78 is 6.87. The molecule has 1 rings (SSSR count). The summed E-state index contributed by atoms with van der Waals surface area (Å²) in [5.41, 5.74) is 2.83. The standard InChI is InChI=1S/C16H25BrO/c1-8-18-14-12(16(5,6)7)9-11(10-13(14)17)15(2,3)4/h9-10H,8H2,1-7H3. The van der Waals surface area contributed by atoms with Gasteiger partial charge in [-0.05, 0) is 45.3 Å². The zero-order chi connectivity index (χ0) is 14.1. The molecule has 1 aromatic rings. The van der Waals surface area contributed by atoms with Crippen LogP contribution in [-0.4, -0.2) is 6.61 Å². The lowest BCUT2D eigenvalue weighted by Crippen LogP contribution is -2.18. The second-order valence-corrected chi connectivity index (χ2v) is 7.62. The number of hydrogen-bond donors (Lipinski definition) is 0. The maximum Gasteiger partial charge on any atom is 0.137 e. The van der Waals surface area contributed by atoms with Crippen LogP contribution in [0.25, 0.3) is 0 Å². The quantitative estimate of drug-likeness (QED) is 0.706. The summed E-state index contributed by atoms with van der Waals surface area (Å²) in [6.45, 7) is 16.1. The fourth-order valence-corrected chi connectivity index (χ4v) is 2.45. The fraction of sp³-hybridized carbons (Fsp3) is 0.625. The van der Waals surface area contributed by atoms with Crippen molar-refractivity contribution in [2.45, 2.75) is 59.3 Å². The third kappa shape index (κ3) is 3.50. The van der Waals surface area contributed by atoms with E-state index in [2.05, 4.69) is 69.6 Å². The average molecular weight is 313 g/mol. The van der Waals surface area contributed by atoms with Gasteiger partial charge in [-0.15, -0.1) is 0 Å². The molecule has 0 aromatic heterocycles. The SMILES string of the molecule is CCOc1c(Br)cc(C(C)(C)C)cc1C(C)(C)C. The van der Waals surface area contributed by atoms with Crippen LogP contribution in [0.4, 0.5) is 0 Å². The summed E-state index contributed by atoms with van der Waals surface area (Å²) >= 11 is 3.66. The Morgan fingerprint density at radius 2 is 1.56 bits per heavy atom. The molecular formula is C16H25BrO. The van der Waals surface area contributed by atoms with Gasteiger partial charge in [0.05, 0.1) is 11.1 Å². The van der Waals surface area contributed by atoms with Gasteiger partial charge in [-0.1, -0.05) is 47.6 Å². The molecule has 0 aliphatic rings. The first-order valence-electron chi connectivity index (χ1n) is 6.54. The van der Waals surface area contributed by atoms with Crippen molar-refractivity contribution in [3.63, 3.8) is 0 Å². The van der Waals surface area contributed by atoms with Crippen molar-refractivity contribution in [1.29, 1.82) is 0 Å². The third-order valence-corrected chi connectivity index (χ3v) is 3.60. The maximum atomic E-state index is 5.82. The van der Waals surface area contributed by atoms with Crippen molar-refractivity contribution in [3.05, 3.63) is 27.7 Å². The third-order valence-electron chi connectivity index (χ3n) is 3.01. The Morgan fingerprint density at radius 3 is 1.94 bits per heavy atom. The molecule has 0 N–H and O–H groups in total. The molecule has 0 heterocycles. The zero-order valence-corrected chi connectivity index (χ0v) is 14.2. The first kappa shape index (κ1) is 15.6. The zero-order valence-electron chi connectivity index (χ0n) is 12.6. The molecule has 0 radical (unpaired) electrons. The minimum Gasteiger partial charge on any atom is -0.492 e. The molecule has 0 saturated heterocycles. The molecule has 2 heteroatoms. The van der Waals surface area contributed by atoms with Crippen LogP contribution in [0.15, 0.2) is 16.6 Å². The van der Waals surface area contributed by atoms with Crippen LogP contribution in [0.3, 0.4) is 0 Å². The van der Waals surface area contributed by atoms with Crippen molar-refractivity contribution in [3.8, 4) is 5.75 Å². The van der Waals surface area contributed by atoms with Crippen LogP contribution < -0.4 is 4.74 Å². The Labute approximate surface area is 120 Å². The van der Waals surface area contributed by atoms with E-state index in [-0.39, 0.29) is 10.8 Å². The molecule has 0 fully saturated rings. The molecule has 0 unspecified atom stereocenters. The van der Waals surface area contributed by atoms with Crippen molar-refractivity contribution < 1.29 is 4.74 Å². The normalized spacial score (nSPS) is 12.7. The number of benzene rings is 1. The minimum absolute atomic E-state index is 0.0777. The summed E-state index contributed by atoms with van der Waals surface area (Å²) in [4.78, 5) is 0. The summed E-state index contributed by atoms with van der Waals surface area (Å²) in [7, 11) is 0. The molecule has 102 valence electrons. The Bertz CT molecular complexity index is 422. The van der Waals surface area contributed by atoms with Crippen LogP contribution in [0.2, 0.25) is 0 Å². The first-order chi connectivity index (χ1) is 8.07. The molecule has 0 saturated carbocycles. The van der Waals surface area contributed by atoms with Gasteiger partial charge >= 0.3 is 0 Å². The van der Waals surface area contributed by atoms with Gasteiger partial charge in [0, 0.05) is 5.56 Å². The van der Waals surface area contributed by atoms with Gasteiger partial charge in [0.1, 0.15) is 5.75 Å². The number of hydrogen-bond acceptors (Lipinski definition) is 1. The second-order valence-electron chi connectivity index (χ2n) is 6.77. The van der Waals surface area contributed by atoms with Gasteiger partial charge in [-0.3, -0.25) is 0 Å². The first-order valence-corrected chi connectivity index (χ1v) is 7.34. The maximum absolute atomic E-state index is 5.82. The molecule has 0 atom stereocenters. The van der Waals surface area contributed by atoms with Crippen molar-refractivity contribution in [2.75, 3.05) is 6.61 Å².